The molecule has 0 aliphatic heterocycles. The quantitative estimate of drug-likeness (QED) is 0.855. The van der Waals surface area contributed by atoms with Crippen LogP contribution in [0.15, 0.2) is 18.2 Å². The summed E-state index contributed by atoms with van der Waals surface area (Å²) in [6.07, 6.45) is 0. The van der Waals surface area contributed by atoms with Gasteiger partial charge in [-0.25, -0.2) is 0 Å². The molecular weight excluding hydrogens is 208 g/mol. The van der Waals surface area contributed by atoms with Crippen LogP contribution in [0.1, 0.15) is 24.0 Å². The highest BCUT2D eigenvalue weighted by Gasteiger charge is 2.07. The zero-order valence-electron chi connectivity index (χ0n) is 9.63. The highest BCUT2D eigenvalue weighted by Crippen LogP contribution is 2.23. The third-order valence-corrected chi connectivity index (χ3v) is 2.84. The van der Waals surface area contributed by atoms with Crippen molar-refractivity contribution < 1.29 is 0 Å². The normalized spacial score (nSPS) is 13.2. The molecule has 0 amide bonds. The molecule has 0 saturated heterocycles. The Morgan fingerprint density at radius 2 is 2.07 bits per heavy atom. The van der Waals surface area contributed by atoms with Gasteiger partial charge in [0.15, 0.2) is 0 Å². The minimum absolute atomic E-state index is 0.371. The molecule has 1 rings (SSSR count). The molecule has 0 aromatic heterocycles. The fourth-order valence-electron chi connectivity index (χ4n) is 1.48. The highest BCUT2D eigenvalue weighted by molar-refractivity contribution is 6.31. The van der Waals surface area contributed by atoms with Gasteiger partial charge in [-0.1, -0.05) is 30.7 Å². The van der Waals surface area contributed by atoms with E-state index in [2.05, 4.69) is 24.0 Å². The van der Waals surface area contributed by atoms with Crippen LogP contribution in [-0.2, 0) is 6.54 Å². The second kappa shape index (κ2) is 5.50. The van der Waals surface area contributed by atoms with E-state index in [9.17, 15) is 0 Å². The van der Waals surface area contributed by atoms with Crippen molar-refractivity contribution in [1.29, 1.82) is 0 Å². The Balaban J connectivity index is 2.88. The first-order chi connectivity index (χ1) is 7.04. The zero-order chi connectivity index (χ0) is 11.4. The summed E-state index contributed by atoms with van der Waals surface area (Å²) in [6, 6.07) is 6.23. The van der Waals surface area contributed by atoms with E-state index in [-0.39, 0.29) is 0 Å². The molecule has 0 bridgehead atoms. The first-order valence-corrected chi connectivity index (χ1v) is 5.55. The summed E-state index contributed by atoms with van der Waals surface area (Å²) in [5.74, 6) is 0.371. The Kier molecular flexibility index (Phi) is 4.58. The monoisotopic (exact) mass is 226 g/mol. The van der Waals surface area contributed by atoms with Crippen LogP contribution in [-0.4, -0.2) is 25.5 Å². The summed E-state index contributed by atoms with van der Waals surface area (Å²) in [5.41, 5.74) is 8.00. The molecule has 1 atom stereocenters. The molecule has 84 valence electrons. The number of halogens is 1. The van der Waals surface area contributed by atoms with Gasteiger partial charge >= 0.3 is 0 Å². The maximum atomic E-state index is 6.21. The minimum atomic E-state index is 0.371. The average Bonchev–Trinajstić information content (AvgIpc) is 2.19. The van der Waals surface area contributed by atoms with Crippen molar-refractivity contribution >= 4 is 11.6 Å². The third-order valence-electron chi connectivity index (χ3n) is 2.49. The maximum absolute atomic E-state index is 6.21. The SMILES string of the molecule is CC(CN)c1ccc(CN(C)C)c(Cl)c1. The molecule has 0 fully saturated rings. The van der Waals surface area contributed by atoms with Crippen LogP contribution in [0.4, 0.5) is 0 Å². The van der Waals surface area contributed by atoms with E-state index >= 15 is 0 Å². The van der Waals surface area contributed by atoms with Gasteiger partial charge in [-0.3, -0.25) is 0 Å². The number of hydrogen-bond acceptors (Lipinski definition) is 2. The van der Waals surface area contributed by atoms with Crippen LogP contribution < -0.4 is 5.73 Å². The Hall–Kier alpha value is -0.570. The van der Waals surface area contributed by atoms with E-state index in [1.807, 2.05) is 20.2 Å². The highest BCUT2D eigenvalue weighted by atomic mass is 35.5. The van der Waals surface area contributed by atoms with Crippen molar-refractivity contribution in [3.63, 3.8) is 0 Å². The van der Waals surface area contributed by atoms with Crippen molar-refractivity contribution in [3.05, 3.63) is 34.3 Å². The Morgan fingerprint density at radius 3 is 2.53 bits per heavy atom. The molecule has 0 aliphatic rings. The Bertz CT molecular complexity index is 323. The van der Waals surface area contributed by atoms with Gasteiger partial charge in [0.05, 0.1) is 0 Å². The first-order valence-electron chi connectivity index (χ1n) is 5.17. The summed E-state index contributed by atoms with van der Waals surface area (Å²) in [4.78, 5) is 2.10. The first kappa shape index (κ1) is 12.5. The molecule has 0 spiro atoms. The van der Waals surface area contributed by atoms with Crippen molar-refractivity contribution in [2.75, 3.05) is 20.6 Å². The van der Waals surface area contributed by atoms with Crippen molar-refractivity contribution in [2.24, 2.45) is 5.73 Å². The van der Waals surface area contributed by atoms with E-state index in [0.717, 1.165) is 17.1 Å². The van der Waals surface area contributed by atoms with Gasteiger partial charge in [0.25, 0.3) is 0 Å². The second-order valence-corrected chi connectivity index (χ2v) is 4.63. The van der Waals surface area contributed by atoms with Gasteiger partial charge in [0, 0.05) is 11.6 Å². The van der Waals surface area contributed by atoms with Gasteiger partial charge in [-0.2, -0.15) is 0 Å². The summed E-state index contributed by atoms with van der Waals surface area (Å²) in [5, 5.41) is 0.835. The lowest BCUT2D eigenvalue weighted by atomic mass is 10.00. The molecule has 0 heterocycles. The molecule has 2 nitrogen and oxygen atoms in total. The number of nitrogens with zero attached hydrogens (tertiary/aromatic N) is 1. The van der Waals surface area contributed by atoms with E-state index in [1.165, 1.54) is 5.56 Å². The topological polar surface area (TPSA) is 29.3 Å². The largest absolute Gasteiger partial charge is 0.330 e. The van der Waals surface area contributed by atoms with Gasteiger partial charge in [-0.15, -0.1) is 0 Å². The Labute approximate surface area is 97.0 Å². The molecule has 1 unspecified atom stereocenters. The zero-order valence-corrected chi connectivity index (χ0v) is 10.4. The molecule has 1 aromatic carbocycles. The van der Waals surface area contributed by atoms with Gasteiger partial charge in [0.2, 0.25) is 0 Å². The van der Waals surface area contributed by atoms with Gasteiger partial charge in [0.1, 0.15) is 0 Å². The summed E-state index contributed by atoms with van der Waals surface area (Å²) >= 11 is 6.21. The second-order valence-electron chi connectivity index (χ2n) is 4.23. The molecule has 0 aliphatic carbocycles. The van der Waals surface area contributed by atoms with E-state index in [0.29, 0.717) is 12.5 Å². The number of rotatable bonds is 4. The standard InChI is InChI=1S/C12H19ClN2/c1-9(7-14)10-4-5-11(8-15(2)3)12(13)6-10/h4-6,9H,7-8,14H2,1-3H3. The van der Waals surface area contributed by atoms with Crippen LogP contribution >= 0.6 is 11.6 Å². The lowest BCUT2D eigenvalue weighted by Gasteiger charge is -2.14. The molecule has 1 aromatic rings. The van der Waals surface area contributed by atoms with Crippen LogP contribution in [0, 0.1) is 0 Å². The molecule has 15 heavy (non-hydrogen) atoms. The van der Waals surface area contributed by atoms with Crippen LogP contribution in [0.25, 0.3) is 0 Å². The predicted octanol–water partition coefficient (Wildman–Crippen LogP) is 2.46. The van der Waals surface area contributed by atoms with E-state index in [1.54, 1.807) is 0 Å². The lowest BCUT2D eigenvalue weighted by molar-refractivity contribution is 0.402. The van der Waals surface area contributed by atoms with Crippen molar-refractivity contribution in [3.8, 4) is 0 Å². The van der Waals surface area contributed by atoms with Crippen LogP contribution in [0.2, 0.25) is 5.02 Å². The molecule has 0 radical (unpaired) electrons. The average molecular weight is 227 g/mol. The minimum Gasteiger partial charge on any atom is -0.330 e. The fraction of sp³-hybridized carbons (Fsp3) is 0.500. The molecule has 0 saturated carbocycles. The third kappa shape index (κ3) is 3.49. The van der Waals surface area contributed by atoms with Crippen LogP contribution in [0.3, 0.4) is 0 Å². The molecule has 2 N–H and O–H groups in total. The number of benzene rings is 1. The summed E-state index contributed by atoms with van der Waals surface area (Å²) in [6.45, 7) is 3.64. The summed E-state index contributed by atoms with van der Waals surface area (Å²) < 4.78 is 0. The lowest BCUT2D eigenvalue weighted by Crippen LogP contribution is -2.12. The maximum Gasteiger partial charge on any atom is 0.0453 e. The number of nitrogens with two attached hydrogens (primary N) is 1. The smallest absolute Gasteiger partial charge is 0.0453 e. The van der Waals surface area contributed by atoms with Gasteiger partial charge < -0.3 is 10.6 Å². The number of hydrogen-bond donors (Lipinski definition) is 1. The molecule has 3 heteroatoms. The summed E-state index contributed by atoms with van der Waals surface area (Å²) in [7, 11) is 4.07. The van der Waals surface area contributed by atoms with E-state index < -0.39 is 0 Å². The van der Waals surface area contributed by atoms with Crippen LogP contribution in [0.5, 0.6) is 0 Å². The Morgan fingerprint density at radius 1 is 1.40 bits per heavy atom. The molecular formula is C12H19ClN2. The fourth-order valence-corrected chi connectivity index (χ4v) is 1.72. The van der Waals surface area contributed by atoms with Crippen molar-refractivity contribution in [2.45, 2.75) is 19.4 Å². The predicted molar refractivity (Wildman–Crippen MR) is 66.3 cm³/mol. The van der Waals surface area contributed by atoms with Crippen molar-refractivity contribution in [1.82, 2.24) is 4.90 Å². The van der Waals surface area contributed by atoms with E-state index in [4.69, 9.17) is 17.3 Å². The van der Waals surface area contributed by atoms with Gasteiger partial charge in [-0.05, 0) is 43.8 Å².